The van der Waals surface area contributed by atoms with Gasteiger partial charge in [-0.25, -0.2) is 14.6 Å². The highest BCUT2D eigenvalue weighted by molar-refractivity contribution is 7.99. The largest absolute Gasteiger partial charge is 0.478 e. The molecule has 41 heavy (non-hydrogen) atoms. The molecule has 2 aromatic rings. The van der Waals surface area contributed by atoms with Gasteiger partial charge in [-0.1, -0.05) is 42.1 Å². The number of piperazine rings is 1. The van der Waals surface area contributed by atoms with Gasteiger partial charge in [0, 0.05) is 65.5 Å². The number of aliphatic hydroxyl groups excluding tert-OH is 1. The van der Waals surface area contributed by atoms with E-state index < -0.39 is 44.5 Å². The molecule has 11 nitrogen and oxygen atoms in total. The van der Waals surface area contributed by atoms with Crippen molar-refractivity contribution in [1.29, 1.82) is 0 Å². The van der Waals surface area contributed by atoms with E-state index in [0.29, 0.717) is 44.7 Å². The summed E-state index contributed by atoms with van der Waals surface area (Å²) in [6.45, 7) is -11.7. The van der Waals surface area contributed by atoms with Crippen LogP contribution >= 0.6 is 11.8 Å². The fourth-order valence-corrected chi connectivity index (χ4v) is 4.26. The molecule has 0 amide bonds. The molecule has 3 N–H and O–H groups in total. The first-order valence-corrected chi connectivity index (χ1v) is 13.3. The molecule has 2 aliphatic rings. The van der Waals surface area contributed by atoms with Crippen LogP contribution in [0.2, 0.25) is 0 Å². The molecule has 4 rings (SSSR count). The van der Waals surface area contributed by atoms with E-state index in [1.54, 1.807) is 36.4 Å². The highest BCUT2D eigenvalue weighted by atomic mass is 32.2. The molecule has 1 saturated heterocycles. The van der Waals surface area contributed by atoms with E-state index in [4.69, 9.17) is 40.5 Å². The molecule has 0 bridgehead atoms. The summed E-state index contributed by atoms with van der Waals surface area (Å²) in [5.41, 5.74) is 0.807. The lowest BCUT2D eigenvalue weighted by Gasteiger charge is -2.36. The van der Waals surface area contributed by atoms with Gasteiger partial charge in [0.05, 0.1) is 57.4 Å². The van der Waals surface area contributed by atoms with E-state index in [9.17, 15) is 9.59 Å². The topological polar surface area (TPSA) is 141 Å². The Bertz CT molecular complexity index is 1470. The summed E-state index contributed by atoms with van der Waals surface area (Å²) in [6, 6.07) is 14.0. The standard InChI is InChI=1S/C25H33N3O4S.C4H4O4/c29-14-16-31-18-20-32-19-17-30-15-13-27-9-11-28(12-10-27)25-21-5-1-3-7-23(21)33-24-8-4-2-6-22(24)26-25;5-3(6)1-2-4(7)8/h1-8,29H,9-20H2;1-2H,(H,5,6)(H,7,8)/b;2-1+/i9D2,10D2,11D2,12D2;. The fourth-order valence-electron chi connectivity index (χ4n) is 3.24. The minimum atomic E-state index is -3.06. The van der Waals surface area contributed by atoms with Crippen LogP contribution in [0.5, 0.6) is 0 Å². The van der Waals surface area contributed by atoms with Crippen LogP contribution in [-0.2, 0) is 23.8 Å². The molecule has 0 aromatic heterocycles. The van der Waals surface area contributed by atoms with Gasteiger partial charge in [-0.3, -0.25) is 4.90 Å². The molecule has 12 heteroatoms. The lowest BCUT2D eigenvalue weighted by molar-refractivity contribution is -0.134. The van der Waals surface area contributed by atoms with Gasteiger partial charge in [-0.2, -0.15) is 0 Å². The monoisotopic (exact) mass is 595 g/mol. The number of nitrogens with zero attached hydrogens (tertiary/aromatic N) is 3. The van der Waals surface area contributed by atoms with Gasteiger partial charge < -0.3 is 34.4 Å². The number of aliphatic hydroxyl groups is 1. The highest BCUT2D eigenvalue weighted by Gasteiger charge is 2.25. The minimum absolute atomic E-state index is 0.0807. The number of ether oxygens (including phenoxy) is 3. The highest BCUT2D eigenvalue weighted by Crippen LogP contribution is 2.40. The molecule has 0 unspecified atom stereocenters. The number of rotatable bonds is 13. The van der Waals surface area contributed by atoms with Crippen molar-refractivity contribution in [3.63, 3.8) is 0 Å². The van der Waals surface area contributed by atoms with Crippen molar-refractivity contribution in [2.75, 3.05) is 78.8 Å². The summed E-state index contributed by atoms with van der Waals surface area (Å²) < 4.78 is 86.6. The lowest BCUT2D eigenvalue weighted by Crippen LogP contribution is -2.49. The van der Waals surface area contributed by atoms with Gasteiger partial charge in [-0.15, -0.1) is 0 Å². The summed E-state index contributed by atoms with van der Waals surface area (Å²) in [7, 11) is 0. The van der Waals surface area contributed by atoms with Crippen LogP contribution in [0.25, 0.3) is 0 Å². The molecule has 2 heterocycles. The van der Waals surface area contributed by atoms with Crippen molar-refractivity contribution in [2.45, 2.75) is 9.79 Å². The Morgan fingerprint density at radius 3 is 2.02 bits per heavy atom. The second-order valence-electron chi connectivity index (χ2n) is 8.01. The normalized spacial score (nSPS) is 22.7. The molecule has 2 aliphatic heterocycles. The Morgan fingerprint density at radius 1 is 0.829 bits per heavy atom. The molecule has 1 fully saturated rings. The molecule has 0 saturated carbocycles. The SMILES string of the molecule is O=C(O)/C=C/C(=O)O.[2H]C1([2H])N(CCOCCOCCOCCO)C([2H])([2H])C([2H])([2H])N(C2=Nc3ccccc3Sc3ccccc32)C1([2H])[2H]. The second kappa shape index (κ2) is 18.2. The van der Waals surface area contributed by atoms with Gasteiger partial charge in [0.15, 0.2) is 0 Å². The minimum Gasteiger partial charge on any atom is -0.478 e. The van der Waals surface area contributed by atoms with Crippen LogP contribution in [-0.4, -0.2) is 122 Å². The Morgan fingerprint density at radius 2 is 1.39 bits per heavy atom. The number of benzene rings is 2. The maximum Gasteiger partial charge on any atom is 0.328 e. The molecular formula is C29H37N3O8S. The van der Waals surface area contributed by atoms with Crippen LogP contribution in [0.3, 0.4) is 0 Å². The zero-order chi connectivity index (χ0) is 36.5. The smallest absolute Gasteiger partial charge is 0.328 e. The zero-order valence-electron chi connectivity index (χ0n) is 30.1. The van der Waals surface area contributed by atoms with E-state index in [1.165, 1.54) is 11.8 Å². The summed E-state index contributed by atoms with van der Waals surface area (Å²) in [5.74, 6) is -2.71. The summed E-state index contributed by atoms with van der Waals surface area (Å²) >= 11 is 1.37. The third-order valence-corrected chi connectivity index (χ3v) is 6.19. The average molecular weight is 596 g/mol. The summed E-state index contributed by atoms with van der Waals surface area (Å²) in [4.78, 5) is 26.2. The molecule has 0 atom stereocenters. The van der Waals surface area contributed by atoms with E-state index >= 15 is 0 Å². The first-order valence-electron chi connectivity index (χ1n) is 16.5. The van der Waals surface area contributed by atoms with E-state index in [0.717, 1.165) is 4.90 Å². The molecule has 0 radical (unpaired) electrons. The van der Waals surface area contributed by atoms with E-state index in [-0.39, 0.29) is 45.5 Å². The first kappa shape index (κ1) is 22.4. The molecule has 2 aromatic carbocycles. The molecule has 222 valence electrons. The first-order chi connectivity index (χ1) is 23.0. The van der Waals surface area contributed by atoms with Crippen molar-refractivity contribution >= 4 is 35.2 Å². The Balaban J connectivity index is 0.000000723. The van der Waals surface area contributed by atoms with Crippen molar-refractivity contribution in [3.05, 3.63) is 66.2 Å². The Kier molecular flexibility index (Phi) is 9.94. The van der Waals surface area contributed by atoms with Crippen LogP contribution in [0.15, 0.2) is 75.5 Å². The van der Waals surface area contributed by atoms with Gasteiger partial charge in [-0.05, 0) is 18.2 Å². The Hall–Kier alpha value is -3.26. The van der Waals surface area contributed by atoms with Crippen LogP contribution in [0.1, 0.15) is 16.5 Å². The van der Waals surface area contributed by atoms with E-state index in [1.807, 2.05) is 12.1 Å². The maximum atomic E-state index is 9.55. The van der Waals surface area contributed by atoms with E-state index in [2.05, 4.69) is 4.99 Å². The number of carboxylic acid groups (broad SMARTS) is 2. The third-order valence-electron chi connectivity index (χ3n) is 5.05. The quantitative estimate of drug-likeness (QED) is 0.232. The lowest BCUT2D eigenvalue weighted by atomic mass is 10.1. The van der Waals surface area contributed by atoms with Crippen molar-refractivity contribution < 1.29 is 50.1 Å². The maximum absolute atomic E-state index is 9.55. The zero-order valence-corrected chi connectivity index (χ0v) is 22.9. The fraction of sp³-hybridized carbons (Fsp3) is 0.414. The van der Waals surface area contributed by atoms with Crippen LogP contribution < -0.4 is 0 Å². The third kappa shape index (κ3) is 11.6. The number of hydrogen-bond acceptors (Lipinski definition) is 10. The van der Waals surface area contributed by atoms with Gasteiger partial charge in [0.2, 0.25) is 0 Å². The predicted molar refractivity (Wildman–Crippen MR) is 155 cm³/mol. The number of para-hydroxylation sites is 1. The number of hydrogen-bond donors (Lipinski definition) is 3. The summed E-state index contributed by atoms with van der Waals surface area (Å²) in [5, 5.41) is 24.3. The molecular weight excluding hydrogens is 550 g/mol. The van der Waals surface area contributed by atoms with Gasteiger partial charge in [0.1, 0.15) is 5.84 Å². The average Bonchev–Trinajstić information content (AvgIpc) is 3.18. The number of aliphatic imine (C=N–C) groups is 1. The second-order valence-corrected chi connectivity index (χ2v) is 9.09. The molecule has 0 aliphatic carbocycles. The number of carboxylic acids is 2. The number of amidine groups is 1. The number of aliphatic carboxylic acids is 2. The van der Waals surface area contributed by atoms with Gasteiger partial charge in [0.25, 0.3) is 0 Å². The molecule has 0 spiro atoms. The van der Waals surface area contributed by atoms with Crippen molar-refractivity contribution in [3.8, 4) is 0 Å². The van der Waals surface area contributed by atoms with Crippen LogP contribution in [0.4, 0.5) is 5.69 Å². The van der Waals surface area contributed by atoms with Crippen molar-refractivity contribution in [1.82, 2.24) is 9.80 Å². The number of carbonyl (C=O) groups is 2. The van der Waals surface area contributed by atoms with Gasteiger partial charge >= 0.3 is 11.9 Å². The summed E-state index contributed by atoms with van der Waals surface area (Å²) in [6.07, 6.45) is 1.12. The number of fused-ring (bicyclic) bond motifs is 2. The van der Waals surface area contributed by atoms with Crippen LogP contribution in [0, 0.1) is 0 Å². The van der Waals surface area contributed by atoms with Crippen molar-refractivity contribution in [2.24, 2.45) is 4.99 Å². The predicted octanol–water partition coefficient (Wildman–Crippen LogP) is 2.60. The Labute approximate surface area is 255 Å².